The lowest BCUT2D eigenvalue weighted by molar-refractivity contribution is -0.0246. The molecule has 1 fully saturated rings. The van der Waals surface area contributed by atoms with Crippen LogP contribution in [0.15, 0.2) is 12.1 Å². The van der Waals surface area contributed by atoms with Gasteiger partial charge in [-0.3, -0.25) is 4.84 Å². The van der Waals surface area contributed by atoms with Crippen LogP contribution in [0.1, 0.15) is 43.7 Å². The van der Waals surface area contributed by atoms with Crippen molar-refractivity contribution in [3.63, 3.8) is 0 Å². The van der Waals surface area contributed by atoms with Crippen LogP contribution in [0, 0.1) is 0 Å². The van der Waals surface area contributed by atoms with Crippen molar-refractivity contribution in [2.75, 3.05) is 7.11 Å². The Kier molecular flexibility index (Phi) is 4.13. The molecule has 0 spiro atoms. The number of hydroxylamine groups is 1. The fraction of sp³-hybridized carbons (Fsp3) is 0.625. The summed E-state index contributed by atoms with van der Waals surface area (Å²) < 4.78 is 11.3. The number of nitrogens with one attached hydrogen (secondary N) is 1. The zero-order valence-electron chi connectivity index (χ0n) is 12.3. The van der Waals surface area contributed by atoms with Gasteiger partial charge in [-0.25, -0.2) is 0 Å². The third-order valence-electron chi connectivity index (χ3n) is 4.11. The fourth-order valence-electron chi connectivity index (χ4n) is 3.05. The van der Waals surface area contributed by atoms with Gasteiger partial charge in [-0.1, -0.05) is 12.8 Å². The zero-order chi connectivity index (χ0) is 13.9. The lowest BCUT2D eigenvalue weighted by atomic mass is 10.1. The smallest absolute Gasteiger partial charge is 0.123 e. The van der Waals surface area contributed by atoms with E-state index in [1.54, 1.807) is 7.11 Å². The van der Waals surface area contributed by atoms with Crippen LogP contribution in [-0.2, 0) is 17.8 Å². The summed E-state index contributed by atoms with van der Waals surface area (Å²) in [6.07, 6.45) is 6.46. The maximum Gasteiger partial charge on any atom is 0.123 e. The Morgan fingerprint density at radius 2 is 2.10 bits per heavy atom. The molecular formula is C16H23NO3. The molecule has 2 aliphatic rings. The van der Waals surface area contributed by atoms with Crippen molar-refractivity contribution in [1.29, 1.82) is 0 Å². The van der Waals surface area contributed by atoms with Gasteiger partial charge in [0.05, 0.1) is 13.2 Å². The molecule has 1 aromatic carbocycles. The fourth-order valence-corrected chi connectivity index (χ4v) is 3.05. The van der Waals surface area contributed by atoms with Gasteiger partial charge in [0.25, 0.3) is 0 Å². The van der Waals surface area contributed by atoms with E-state index in [-0.39, 0.29) is 6.10 Å². The first-order valence-corrected chi connectivity index (χ1v) is 7.51. The summed E-state index contributed by atoms with van der Waals surface area (Å²) in [6, 6.07) is 4.16. The van der Waals surface area contributed by atoms with Crippen LogP contribution in [0.3, 0.4) is 0 Å². The van der Waals surface area contributed by atoms with E-state index >= 15 is 0 Å². The van der Waals surface area contributed by atoms with Crippen LogP contribution in [0.2, 0.25) is 0 Å². The Bertz CT molecular complexity index is 469. The molecule has 1 heterocycles. The minimum absolute atomic E-state index is 0.257. The molecule has 0 aromatic heterocycles. The van der Waals surface area contributed by atoms with E-state index in [4.69, 9.17) is 14.3 Å². The molecule has 1 aromatic rings. The molecule has 110 valence electrons. The number of hydrogen-bond acceptors (Lipinski definition) is 4. The summed E-state index contributed by atoms with van der Waals surface area (Å²) in [5, 5.41) is 0. The summed E-state index contributed by atoms with van der Waals surface area (Å²) in [5.74, 6) is 1.89. The quantitative estimate of drug-likeness (QED) is 0.840. The van der Waals surface area contributed by atoms with Gasteiger partial charge in [-0.2, -0.15) is 5.48 Å². The Labute approximate surface area is 120 Å². The second-order valence-corrected chi connectivity index (χ2v) is 5.75. The minimum Gasteiger partial charge on any atom is -0.496 e. The normalized spacial score (nSPS) is 21.8. The average Bonchev–Trinajstić information content (AvgIpc) is 3.05. The van der Waals surface area contributed by atoms with Gasteiger partial charge in [0, 0.05) is 24.1 Å². The molecule has 4 nitrogen and oxygen atoms in total. The van der Waals surface area contributed by atoms with Crippen molar-refractivity contribution in [3.8, 4) is 11.5 Å². The predicted molar refractivity (Wildman–Crippen MR) is 77.0 cm³/mol. The van der Waals surface area contributed by atoms with Crippen LogP contribution in [0.4, 0.5) is 0 Å². The van der Waals surface area contributed by atoms with Gasteiger partial charge in [0.2, 0.25) is 0 Å². The Morgan fingerprint density at radius 1 is 1.30 bits per heavy atom. The molecule has 4 heteroatoms. The highest BCUT2D eigenvalue weighted by Crippen LogP contribution is 2.35. The molecule has 3 rings (SSSR count). The lowest BCUT2D eigenvalue weighted by Gasteiger charge is -2.14. The molecule has 1 atom stereocenters. The van der Waals surface area contributed by atoms with E-state index < -0.39 is 0 Å². The van der Waals surface area contributed by atoms with Crippen LogP contribution in [-0.4, -0.2) is 19.3 Å². The molecule has 20 heavy (non-hydrogen) atoms. The Morgan fingerprint density at radius 3 is 2.85 bits per heavy atom. The van der Waals surface area contributed by atoms with Gasteiger partial charge in [0.15, 0.2) is 0 Å². The summed E-state index contributed by atoms with van der Waals surface area (Å²) in [5.41, 5.74) is 5.40. The summed E-state index contributed by atoms with van der Waals surface area (Å²) in [6.45, 7) is 2.73. The van der Waals surface area contributed by atoms with Gasteiger partial charge >= 0.3 is 0 Å². The van der Waals surface area contributed by atoms with Gasteiger partial charge in [0.1, 0.15) is 17.6 Å². The van der Waals surface area contributed by atoms with Gasteiger partial charge < -0.3 is 9.47 Å². The van der Waals surface area contributed by atoms with Crippen molar-refractivity contribution >= 4 is 0 Å². The molecule has 1 aliphatic carbocycles. The van der Waals surface area contributed by atoms with Crippen molar-refractivity contribution in [2.45, 2.75) is 57.8 Å². The standard InChI is InChI=1S/C16H23NO3/c1-11-7-12-8-15(18-2)13(9-16(12)19-11)10-17-20-14-5-3-4-6-14/h8-9,11,14,17H,3-7,10H2,1-2H3. The maximum absolute atomic E-state index is 5.80. The average molecular weight is 277 g/mol. The largest absolute Gasteiger partial charge is 0.496 e. The number of benzene rings is 1. The van der Waals surface area contributed by atoms with Crippen LogP contribution >= 0.6 is 0 Å². The lowest BCUT2D eigenvalue weighted by Crippen LogP contribution is -2.21. The van der Waals surface area contributed by atoms with E-state index in [1.807, 2.05) is 0 Å². The Balaban J connectivity index is 1.64. The van der Waals surface area contributed by atoms with E-state index in [0.717, 1.165) is 36.3 Å². The number of rotatable bonds is 5. The highest BCUT2D eigenvalue weighted by molar-refractivity contribution is 5.48. The number of hydrogen-bond donors (Lipinski definition) is 1. The first kappa shape index (κ1) is 13.7. The van der Waals surface area contributed by atoms with Crippen LogP contribution in [0.25, 0.3) is 0 Å². The van der Waals surface area contributed by atoms with Gasteiger partial charge in [-0.15, -0.1) is 0 Å². The Hall–Kier alpha value is -1.26. The highest BCUT2D eigenvalue weighted by atomic mass is 16.7. The highest BCUT2D eigenvalue weighted by Gasteiger charge is 2.22. The van der Waals surface area contributed by atoms with E-state index in [0.29, 0.717) is 12.6 Å². The molecule has 0 amide bonds. The first-order valence-electron chi connectivity index (χ1n) is 7.51. The second-order valence-electron chi connectivity index (χ2n) is 5.75. The van der Waals surface area contributed by atoms with Gasteiger partial charge in [-0.05, 0) is 31.9 Å². The molecular weight excluding hydrogens is 254 g/mol. The summed E-state index contributed by atoms with van der Waals surface area (Å²) >= 11 is 0. The number of fused-ring (bicyclic) bond motifs is 1. The van der Waals surface area contributed by atoms with Crippen molar-refractivity contribution < 1.29 is 14.3 Å². The number of methoxy groups -OCH3 is 1. The summed E-state index contributed by atoms with van der Waals surface area (Å²) in [4.78, 5) is 5.70. The summed E-state index contributed by atoms with van der Waals surface area (Å²) in [7, 11) is 1.71. The van der Waals surface area contributed by atoms with E-state index in [1.165, 1.54) is 18.4 Å². The molecule has 0 radical (unpaired) electrons. The first-order chi connectivity index (χ1) is 9.76. The van der Waals surface area contributed by atoms with Crippen molar-refractivity contribution in [3.05, 3.63) is 23.3 Å². The predicted octanol–water partition coefficient (Wildman–Crippen LogP) is 2.98. The number of ether oxygens (including phenoxy) is 2. The van der Waals surface area contributed by atoms with Crippen LogP contribution < -0.4 is 15.0 Å². The molecule has 0 bridgehead atoms. The molecule has 1 aliphatic heterocycles. The van der Waals surface area contributed by atoms with E-state index in [9.17, 15) is 0 Å². The monoisotopic (exact) mass is 277 g/mol. The van der Waals surface area contributed by atoms with E-state index in [2.05, 4.69) is 24.5 Å². The molecule has 1 unspecified atom stereocenters. The topological polar surface area (TPSA) is 39.7 Å². The minimum atomic E-state index is 0.257. The molecule has 1 N–H and O–H groups in total. The zero-order valence-corrected chi connectivity index (χ0v) is 12.3. The van der Waals surface area contributed by atoms with Crippen molar-refractivity contribution in [2.24, 2.45) is 0 Å². The molecule has 1 saturated carbocycles. The maximum atomic E-state index is 5.80. The van der Waals surface area contributed by atoms with Crippen molar-refractivity contribution in [1.82, 2.24) is 5.48 Å². The second kappa shape index (κ2) is 6.02. The SMILES string of the molecule is COc1cc2c(cc1CNOC1CCCC1)OC(C)C2. The third kappa shape index (κ3) is 2.91. The van der Waals surface area contributed by atoms with Crippen LogP contribution in [0.5, 0.6) is 11.5 Å². The third-order valence-corrected chi connectivity index (χ3v) is 4.11. The molecule has 0 saturated heterocycles.